The first kappa shape index (κ1) is 15.4. The lowest BCUT2D eigenvalue weighted by molar-refractivity contribution is 0.196. The molecule has 0 unspecified atom stereocenters. The van der Waals surface area contributed by atoms with Crippen LogP contribution in [-0.2, 0) is 11.3 Å². The molecule has 5 heteroatoms. The number of anilines is 1. The highest BCUT2D eigenvalue weighted by atomic mass is 32.1. The van der Waals surface area contributed by atoms with Crippen LogP contribution in [0.15, 0.2) is 5.38 Å². The van der Waals surface area contributed by atoms with E-state index in [-0.39, 0.29) is 0 Å². The van der Waals surface area contributed by atoms with Crippen molar-refractivity contribution in [3.63, 3.8) is 0 Å². The molecule has 0 aliphatic rings. The van der Waals surface area contributed by atoms with Crippen molar-refractivity contribution in [1.29, 1.82) is 0 Å². The molecule has 1 rings (SSSR count). The Morgan fingerprint density at radius 3 is 2.94 bits per heavy atom. The van der Waals surface area contributed by atoms with E-state index in [2.05, 4.69) is 41.5 Å². The molecule has 1 N–H and O–H groups in total. The third-order valence-electron chi connectivity index (χ3n) is 2.57. The van der Waals surface area contributed by atoms with Gasteiger partial charge in [-0.3, -0.25) is 0 Å². The van der Waals surface area contributed by atoms with Gasteiger partial charge in [-0.1, -0.05) is 13.8 Å². The summed E-state index contributed by atoms with van der Waals surface area (Å²) in [5.41, 5.74) is 1.13. The number of nitrogens with zero attached hydrogens (tertiary/aromatic N) is 2. The van der Waals surface area contributed by atoms with Crippen molar-refractivity contribution in [2.24, 2.45) is 5.92 Å². The molecule has 0 atom stereocenters. The molecule has 0 aliphatic carbocycles. The van der Waals surface area contributed by atoms with E-state index < -0.39 is 0 Å². The zero-order valence-electron chi connectivity index (χ0n) is 11.9. The van der Waals surface area contributed by atoms with Crippen LogP contribution in [0.2, 0.25) is 0 Å². The highest BCUT2D eigenvalue weighted by Gasteiger charge is 2.06. The molecule has 18 heavy (non-hydrogen) atoms. The van der Waals surface area contributed by atoms with Gasteiger partial charge >= 0.3 is 0 Å². The number of nitrogens with one attached hydrogen (secondary N) is 1. The molecule has 1 aromatic rings. The van der Waals surface area contributed by atoms with Crippen molar-refractivity contribution in [3.05, 3.63) is 11.1 Å². The second-order valence-corrected chi connectivity index (χ2v) is 5.75. The first-order chi connectivity index (χ1) is 8.63. The average Bonchev–Trinajstić information content (AvgIpc) is 2.77. The van der Waals surface area contributed by atoms with E-state index in [4.69, 9.17) is 4.74 Å². The largest absolute Gasteiger partial charge is 0.385 e. The van der Waals surface area contributed by atoms with E-state index in [1.807, 2.05) is 0 Å². The summed E-state index contributed by atoms with van der Waals surface area (Å²) in [5, 5.41) is 6.64. The minimum atomic E-state index is 0.680. The standard InChI is InChI=1S/C13H25N3OS/c1-11(2)8-14-9-12-10-18-13(15-12)16(3)6-5-7-17-4/h10-11,14H,5-9H2,1-4H3. The van der Waals surface area contributed by atoms with Crippen molar-refractivity contribution >= 4 is 16.5 Å². The quantitative estimate of drug-likeness (QED) is 0.700. The van der Waals surface area contributed by atoms with Gasteiger partial charge in [0.2, 0.25) is 0 Å². The molecule has 104 valence electrons. The van der Waals surface area contributed by atoms with E-state index >= 15 is 0 Å². The van der Waals surface area contributed by atoms with Crippen molar-refractivity contribution in [2.75, 3.05) is 38.8 Å². The fourth-order valence-corrected chi connectivity index (χ4v) is 2.40. The summed E-state index contributed by atoms with van der Waals surface area (Å²) in [4.78, 5) is 6.82. The van der Waals surface area contributed by atoms with Crippen LogP contribution >= 0.6 is 11.3 Å². The summed E-state index contributed by atoms with van der Waals surface area (Å²) in [5.74, 6) is 0.680. The molecule has 0 fully saturated rings. The minimum absolute atomic E-state index is 0.680. The second-order valence-electron chi connectivity index (χ2n) is 4.91. The topological polar surface area (TPSA) is 37.4 Å². The van der Waals surface area contributed by atoms with Crippen LogP contribution in [0.4, 0.5) is 5.13 Å². The number of hydrogen-bond donors (Lipinski definition) is 1. The van der Waals surface area contributed by atoms with Crippen LogP contribution < -0.4 is 10.2 Å². The maximum Gasteiger partial charge on any atom is 0.185 e. The van der Waals surface area contributed by atoms with Crippen LogP contribution in [0, 0.1) is 5.92 Å². The number of ether oxygens (including phenoxy) is 1. The Morgan fingerprint density at radius 1 is 1.50 bits per heavy atom. The van der Waals surface area contributed by atoms with Gasteiger partial charge in [0.15, 0.2) is 5.13 Å². The van der Waals surface area contributed by atoms with Crippen LogP contribution in [0.25, 0.3) is 0 Å². The number of aromatic nitrogens is 1. The zero-order valence-corrected chi connectivity index (χ0v) is 12.7. The highest BCUT2D eigenvalue weighted by molar-refractivity contribution is 7.13. The lowest BCUT2D eigenvalue weighted by atomic mass is 10.2. The predicted octanol–water partition coefficient (Wildman–Crippen LogP) is 2.36. The van der Waals surface area contributed by atoms with E-state index in [1.54, 1.807) is 18.4 Å². The van der Waals surface area contributed by atoms with Crippen molar-refractivity contribution in [1.82, 2.24) is 10.3 Å². The first-order valence-corrected chi connectivity index (χ1v) is 7.36. The Balaban J connectivity index is 2.32. The van der Waals surface area contributed by atoms with E-state index in [0.29, 0.717) is 5.92 Å². The third-order valence-corrected chi connectivity index (χ3v) is 3.57. The number of methoxy groups -OCH3 is 1. The molecule has 1 aromatic heterocycles. The van der Waals surface area contributed by atoms with Crippen LogP contribution in [-0.4, -0.2) is 38.8 Å². The summed E-state index contributed by atoms with van der Waals surface area (Å²) in [7, 11) is 3.82. The summed E-state index contributed by atoms with van der Waals surface area (Å²) in [6, 6.07) is 0. The van der Waals surface area contributed by atoms with Gasteiger partial charge in [0.25, 0.3) is 0 Å². The lowest BCUT2D eigenvalue weighted by Gasteiger charge is -2.14. The van der Waals surface area contributed by atoms with Crippen molar-refractivity contribution in [2.45, 2.75) is 26.8 Å². The van der Waals surface area contributed by atoms with Crippen molar-refractivity contribution in [3.8, 4) is 0 Å². The Labute approximate surface area is 114 Å². The Bertz CT molecular complexity index is 328. The fourth-order valence-electron chi connectivity index (χ4n) is 1.58. The molecule has 0 saturated carbocycles. The molecule has 0 aromatic carbocycles. The van der Waals surface area contributed by atoms with Gasteiger partial charge in [0, 0.05) is 39.2 Å². The van der Waals surface area contributed by atoms with E-state index in [0.717, 1.165) is 43.5 Å². The molecule has 0 aliphatic heterocycles. The van der Waals surface area contributed by atoms with Crippen LogP contribution in [0.3, 0.4) is 0 Å². The average molecular weight is 271 g/mol. The number of thiazole rings is 1. The molecule has 0 spiro atoms. The van der Waals surface area contributed by atoms with Gasteiger partial charge < -0.3 is 15.0 Å². The molecule has 0 radical (unpaired) electrons. The fraction of sp³-hybridized carbons (Fsp3) is 0.769. The maximum atomic E-state index is 5.06. The smallest absolute Gasteiger partial charge is 0.185 e. The van der Waals surface area contributed by atoms with Gasteiger partial charge in [-0.05, 0) is 18.9 Å². The van der Waals surface area contributed by atoms with Gasteiger partial charge in [-0.2, -0.15) is 0 Å². The normalized spacial score (nSPS) is 11.2. The van der Waals surface area contributed by atoms with Gasteiger partial charge in [0.1, 0.15) is 0 Å². The third kappa shape index (κ3) is 5.80. The molecule has 0 bridgehead atoms. The molecule has 0 saturated heterocycles. The lowest BCUT2D eigenvalue weighted by Crippen LogP contribution is -2.21. The molecule has 1 heterocycles. The summed E-state index contributed by atoms with van der Waals surface area (Å²) in [6.45, 7) is 8.11. The van der Waals surface area contributed by atoms with E-state index in [1.165, 1.54) is 0 Å². The van der Waals surface area contributed by atoms with Crippen LogP contribution in [0.1, 0.15) is 26.0 Å². The summed E-state index contributed by atoms with van der Waals surface area (Å²) in [6.07, 6.45) is 1.04. The minimum Gasteiger partial charge on any atom is -0.385 e. The van der Waals surface area contributed by atoms with E-state index in [9.17, 15) is 0 Å². The second kappa shape index (κ2) is 8.45. The van der Waals surface area contributed by atoms with Crippen molar-refractivity contribution < 1.29 is 4.74 Å². The Kier molecular flexibility index (Phi) is 7.23. The summed E-state index contributed by atoms with van der Waals surface area (Å²) >= 11 is 1.71. The molecule has 4 nitrogen and oxygen atoms in total. The predicted molar refractivity (Wildman–Crippen MR) is 78.4 cm³/mol. The first-order valence-electron chi connectivity index (χ1n) is 6.48. The van der Waals surface area contributed by atoms with Gasteiger partial charge in [-0.25, -0.2) is 4.98 Å². The monoisotopic (exact) mass is 271 g/mol. The summed E-state index contributed by atoms with van der Waals surface area (Å²) < 4.78 is 5.06. The maximum absolute atomic E-state index is 5.06. The Morgan fingerprint density at radius 2 is 2.28 bits per heavy atom. The number of hydrogen-bond acceptors (Lipinski definition) is 5. The molecule has 0 amide bonds. The molecular formula is C13H25N3OS. The SMILES string of the molecule is COCCCN(C)c1nc(CNCC(C)C)cs1. The zero-order chi connectivity index (χ0) is 13.4. The van der Waals surface area contributed by atoms with Crippen LogP contribution in [0.5, 0.6) is 0 Å². The number of rotatable bonds is 9. The van der Waals surface area contributed by atoms with Gasteiger partial charge in [-0.15, -0.1) is 11.3 Å². The van der Waals surface area contributed by atoms with Gasteiger partial charge in [0.05, 0.1) is 5.69 Å². The Hall–Kier alpha value is -0.650. The highest BCUT2D eigenvalue weighted by Crippen LogP contribution is 2.19. The molecular weight excluding hydrogens is 246 g/mol.